The Bertz CT molecular complexity index is 401. The molecule has 0 saturated heterocycles. The first-order valence-corrected chi connectivity index (χ1v) is 5.66. The molecule has 1 aromatic carbocycles. The van der Waals surface area contributed by atoms with Gasteiger partial charge in [0.25, 0.3) is 0 Å². The van der Waals surface area contributed by atoms with Gasteiger partial charge in [0, 0.05) is 14.5 Å². The summed E-state index contributed by atoms with van der Waals surface area (Å²) in [7, 11) is 0. The van der Waals surface area contributed by atoms with Gasteiger partial charge in [-0.1, -0.05) is 31.9 Å². The van der Waals surface area contributed by atoms with Gasteiger partial charge in [-0.2, -0.15) is 0 Å². The summed E-state index contributed by atoms with van der Waals surface area (Å²) in [6, 6.07) is 2.13. The van der Waals surface area contributed by atoms with Crippen LogP contribution in [0.4, 0.5) is 4.39 Å². The number of aliphatic hydroxyl groups is 2. The van der Waals surface area contributed by atoms with Gasteiger partial charge in [0.2, 0.25) is 0 Å². The van der Waals surface area contributed by atoms with Crippen molar-refractivity contribution in [2.24, 2.45) is 0 Å². The van der Waals surface area contributed by atoms with E-state index in [-0.39, 0.29) is 14.5 Å². The predicted molar refractivity (Wildman–Crippen MR) is 60.4 cm³/mol. The minimum Gasteiger partial charge on any atom is -0.479 e. The number of carbonyl (C=O) groups is 1. The van der Waals surface area contributed by atoms with Gasteiger partial charge in [-0.25, -0.2) is 9.18 Å². The molecule has 0 heterocycles. The van der Waals surface area contributed by atoms with Crippen LogP contribution in [-0.2, 0) is 4.79 Å². The summed E-state index contributed by atoms with van der Waals surface area (Å²) in [5.41, 5.74) is 0.0799. The fourth-order valence-corrected chi connectivity index (χ4v) is 2.73. The highest BCUT2D eigenvalue weighted by atomic mass is 79.9. The maximum absolute atomic E-state index is 12.9. The van der Waals surface area contributed by atoms with Crippen molar-refractivity contribution in [3.63, 3.8) is 0 Å². The number of hydrogen-bond acceptors (Lipinski definition) is 3. The van der Waals surface area contributed by atoms with Crippen molar-refractivity contribution in [1.29, 1.82) is 0 Å². The first-order chi connectivity index (χ1) is 7.34. The summed E-state index contributed by atoms with van der Waals surface area (Å²) in [5.74, 6) is -2.12. The standard InChI is InChI=1S/C9H7Br2FO4/c10-4-1-3(12)2-5(11)6(4)7(13)8(14)9(15)16/h1-2,7-8,13-14H,(H,15,16). The van der Waals surface area contributed by atoms with Crippen LogP contribution in [0.2, 0.25) is 0 Å². The molecule has 88 valence electrons. The number of carboxylic acids is 1. The molecule has 4 nitrogen and oxygen atoms in total. The van der Waals surface area contributed by atoms with E-state index in [1.165, 1.54) is 0 Å². The molecular weight excluding hydrogens is 351 g/mol. The molecule has 0 radical (unpaired) electrons. The summed E-state index contributed by atoms with van der Waals surface area (Å²) in [4.78, 5) is 10.5. The van der Waals surface area contributed by atoms with Crippen molar-refractivity contribution >= 4 is 37.8 Å². The van der Waals surface area contributed by atoms with Crippen LogP contribution in [0.3, 0.4) is 0 Å². The molecule has 7 heteroatoms. The Morgan fingerprint density at radius 1 is 1.25 bits per heavy atom. The maximum Gasteiger partial charge on any atom is 0.335 e. The van der Waals surface area contributed by atoms with Crippen LogP contribution in [0.1, 0.15) is 11.7 Å². The summed E-state index contributed by atoms with van der Waals surface area (Å²) in [5, 5.41) is 27.3. The van der Waals surface area contributed by atoms with Crippen LogP contribution in [0, 0.1) is 5.82 Å². The number of benzene rings is 1. The van der Waals surface area contributed by atoms with Gasteiger partial charge in [0.1, 0.15) is 11.9 Å². The number of aliphatic hydroxyl groups excluding tert-OH is 2. The van der Waals surface area contributed by atoms with Crippen molar-refractivity contribution in [3.05, 3.63) is 32.5 Å². The van der Waals surface area contributed by atoms with E-state index in [4.69, 9.17) is 5.11 Å². The molecular formula is C9H7Br2FO4. The zero-order valence-corrected chi connectivity index (χ0v) is 10.9. The Morgan fingerprint density at radius 2 is 1.69 bits per heavy atom. The topological polar surface area (TPSA) is 77.8 Å². The smallest absolute Gasteiger partial charge is 0.335 e. The van der Waals surface area contributed by atoms with E-state index in [0.29, 0.717) is 0 Å². The van der Waals surface area contributed by atoms with E-state index in [1.807, 2.05) is 0 Å². The molecule has 0 aromatic heterocycles. The molecule has 0 aliphatic rings. The van der Waals surface area contributed by atoms with E-state index in [1.54, 1.807) is 0 Å². The van der Waals surface area contributed by atoms with Crippen molar-refractivity contribution in [2.75, 3.05) is 0 Å². The molecule has 16 heavy (non-hydrogen) atoms. The van der Waals surface area contributed by atoms with Gasteiger partial charge in [0.05, 0.1) is 0 Å². The molecule has 0 saturated carbocycles. The number of hydrogen-bond donors (Lipinski definition) is 3. The Kier molecular flexibility index (Phi) is 4.43. The lowest BCUT2D eigenvalue weighted by atomic mass is 10.0. The Morgan fingerprint density at radius 3 is 2.06 bits per heavy atom. The SMILES string of the molecule is O=C(O)C(O)C(O)c1c(Br)cc(F)cc1Br. The lowest BCUT2D eigenvalue weighted by Crippen LogP contribution is -2.28. The fraction of sp³-hybridized carbons (Fsp3) is 0.222. The largest absolute Gasteiger partial charge is 0.479 e. The van der Waals surface area contributed by atoms with Crippen LogP contribution in [0.5, 0.6) is 0 Å². The molecule has 2 atom stereocenters. The first-order valence-electron chi connectivity index (χ1n) is 4.08. The highest BCUT2D eigenvalue weighted by Gasteiger charge is 2.28. The normalized spacial score (nSPS) is 14.6. The Labute approximate surface area is 107 Å². The van der Waals surface area contributed by atoms with Gasteiger partial charge >= 0.3 is 5.97 Å². The van der Waals surface area contributed by atoms with Gasteiger partial charge in [-0.3, -0.25) is 0 Å². The molecule has 0 spiro atoms. The third kappa shape index (κ3) is 2.79. The van der Waals surface area contributed by atoms with Gasteiger partial charge < -0.3 is 15.3 Å². The number of halogens is 3. The first kappa shape index (κ1) is 13.6. The Balaban J connectivity index is 3.18. The number of aliphatic carboxylic acids is 1. The van der Waals surface area contributed by atoms with Crippen molar-refractivity contribution in [2.45, 2.75) is 12.2 Å². The lowest BCUT2D eigenvalue weighted by molar-refractivity contribution is -0.153. The monoisotopic (exact) mass is 356 g/mol. The quantitative estimate of drug-likeness (QED) is 0.771. The van der Waals surface area contributed by atoms with Crippen LogP contribution >= 0.6 is 31.9 Å². The molecule has 2 unspecified atom stereocenters. The van der Waals surface area contributed by atoms with Crippen molar-refractivity contribution < 1.29 is 24.5 Å². The summed E-state index contributed by atoms with van der Waals surface area (Å²) < 4.78 is 13.3. The molecule has 0 aliphatic carbocycles. The molecule has 1 aromatic rings. The molecule has 3 N–H and O–H groups in total. The molecule has 0 aliphatic heterocycles. The van der Waals surface area contributed by atoms with E-state index in [0.717, 1.165) is 12.1 Å². The lowest BCUT2D eigenvalue weighted by Gasteiger charge is -2.17. The molecule has 0 fully saturated rings. The maximum atomic E-state index is 12.9. The van der Waals surface area contributed by atoms with Crippen LogP contribution in [-0.4, -0.2) is 27.4 Å². The summed E-state index contributed by atoms with van der Waals surface area (Å²) >= 11 is 5.96. The van der Waals surface area contributed by atoms with Gasteiger partial charge in [0.15, 0.2) is 6.10 Å². The van der Waals surface area contributed by atoms with Crippen molar-refractivity contribution in [1.82, 2.24) is 0 Å². The van der Waals surface area contributed by atoms with Gasteiger partial charge in [-0.05, 0) is 12.1 Å². The average molecular weight is 358 g/mol. The zero-order chi connectivity index (χ0) is 12.5. The van der Waals surface area contributed by atoms with Crippen molar-refractivity contribution in [3.8, 4) is 0 Å². The fourth-order valence-electron chi connectivity index (χ4n) is 1.13. The van der Waals surface area contributed by atoms with Crippen LogP contribution < -0.4 is 0 Å². The highest BCUT2D eigenvalue weighted by molar-refractivity contribution is 9.11. The minimum absolute atomic E-state index is 0.0799. The van der Waals surface area contributed by atoms with Crippen LogP contribution in [0.25, 0.3) is 0 Å². The third-order valence-electron chi connectivity index (χ3n) is 1.89. The Hall–Kier alpha value is -0.500. The number of carboxylic acid groups (broad SMARTS) is 1. The summed E-state index contributed by atoms with van der Waals surface area (Å²) in [6.07, 6.45) is -3.63. The van der Waals surface area contributed by atoms with E-state index in [2.05, 4.69) is 31.9 Å². The predicted octanol–water partition coefficient (Wildman–Crippen LogP) is 1.83. The van der Waals surface area contributed by atoms with Gasteiger partial charge in [-0.15, -0.1) is 0 Å². The second kappa shape index (κ2) is 5.22. The average Bonchev–Trinajstić information content (AvgIpc) is 2.14. The molecule has 0 amide bonds. The minimum atomic E-state index is -1.97. The highest BCUT2D eigenvalue weighted by Crippen LogP contribution is 2.33. The molecule has 0 bridgehead atoms. The second-order valence-electron chi connectivity index (χ2n) is 3.01. The van der Waals surface area contributed by atoms with E-state index < -0.39 is 24.0 Å². The third-order valence-corrected chi connectivity index (χ3v) is 3.20. The molecule has 1 rings (SSSR count). The zero-order valence-electron chi connectivity index (χ0n) is 7.69. The van der Waals surface area contributed by atoms with Crippen LogP contribution in [0.15, 0.2) is 21.1 Å². The summed E-state index contributed by atoms with van der Waals surface area (Å²) in [6.45, 7) is 0. The second-order valence-corrected chi connectivity index (χ2v) is 4.72. The van der Waals surface area contributed by atoms with E-state index in [9.17, 15) is 19.4 Å². The number of rotatable bonds is 3. The van der Waals surface area contributed by atoms with E-state index >= 15 is 0 Å².